The van der Waals surface area contributed by atoms with E-state index in [0.717, 1.165) is 28.4 Å². The van der Waals surface area contributed by atoms with Gasteiger partial charge in [0.25, 0.3) is 0 Å². The summed E-state index contributed by atoms with van der Waals surface area (Å²) in [5, 5.41) is 0. The van der Waals surface area contributed by atoms with Crippen molar-refractivity contribution < 1.29 is 0 Å². The maximum absolute atomic E-state index is 4.60. The number of rotatable bonds is 3. The first-order valence-corrected chi connectivity index (χ1v) is 6.12. The first kappa shape index (κ1) is 13.1. The van der Waals surface area contributed by atoms with Crippen molar-refractivity contribution in [2.24, 2.45) is 4.99 Å². The summed E-state index contributed by atoms with van der Waals surface area (Å²) in [7, 11) is 0. The predicted molar refractivity (Wildman–Crippen MR) is 77.0 cm³/mol. The molecule has 0 bridgehead atoms. The van der Waals surface area contributed by atoms with Gasteiger partial charge in [0.2, 0.25) is 0 Å². The predicted octanol–water partition coefficient (Wildman–Crippen LogP) is 3.19. The molecule has 0 radical (unpaired) electrons. The van der Waals surface area contributed by atoms with Crippen molar-refractivity contribution in [3.63, 3.8) is 0 Å². The quantitative estimate of drug-likeness (QED) is 0.788. The first-order chi connectivity index (χ1) is 9.22. The Balaban J connectivity index is 2.43. The van der Waals surface area contributed by atoms with Gasteiger partial charge in [-0.2, -0.15) is 0 Å². The summed E-state index contributed by atoms with van der Waals surface area (Å²) in [6.07, 6.45) is 6.98. The molecule has 0 fully saturated rings. The molecule has 0 aliphatic carbocycles. The maximum atomic E-state index is 4.60. The van der Waals surface area contributed by atoms with Crippen LogP contribution in [0.2, 0.25) is 0 Å². The van der Waals surface area contributed by atoms with Crippen LogP contribution in [0.4, 0.5) is 0 Å². The standard InChI is InChI=1S/C15H16N4/c1-4-8-17-12(3)13-6-5-7-14(19-13)15-11(2)9-16-10-18-15/h4-10H,1-3H3/b8-4-,17-12?. The van der Waals surface area contributed by atoms with E-state index in [1.807, 2.05) is 45.0 Å². The zero-order valence-electron chi connectivity index (χ0n) is 11.3. The molecule has 2 heterocycles. The molecule has 4 nitrogen and oxygen atoms in total. The largest absolute Gasteiger partial charge is 0.260 e. The van der Waals surface area contributed by atoms with Gasteiger partial charge in [-0.15, -0.1) is 0 Å². The molecule has 4 heteroatoms. The van der Waals surface area contributed by atoms with Gasteiger partial charge in [-0.25, -0.2) is 15.0 Å². The molecule has 0 saturated carbocycles. The number of pyridine rings is 1. The van der Waals surface area contributed by atoms with Gasteiger partial charge >= 0.3 is 0 Å². The Labute approximate surface area is 113 Å². The molecule has 0 amide bonds. The Bertz CT molecular complexity index is 630. The van der Waals surface area contributed by atoms with Gasteiger partial charge in [-0.1, -0.05) is 12.1 Å². The molecule has 0 atom stereocenters. The van der Waals surface area contributed by atoms with E-state index >= 15 is 0 Å². The van der Waals surface area contributed by atoms with Crippen molar-refractivity contribution in [1.29, 1.82) is 0 Å². The number of hydrogen-bond acceptors (Lipinski definition) is 4. The van der Waals surface area contributed by atoms with E-state index in [2.05, 4.69) is 19.9 Å². The summed E-state index contributed by atoms with van der Waals surface area (Å²) in [5.41, 5.74) is 4.44. The second-order valence-corrected chi connectivity index (χ2v) is 4.16. The van der Waals surface area contributed by atoms with Crippen LogP contribution in [0, 0.1) is 6.92 Å². The number of nitrogens with zero attached hydrogens (tertiary/aromatic N) is 4. The number of hydrogen-bond donors (Lipinski definition) is 0. The Morgan fingerprint density at radius 2 is 2.16 bits per heavy atom. The third-order valence-corrected chi connectivity index (χ3v) is 2.67. The van der Waals surface area contributed by atoms with Gasteiger partial charge in [-0.05, 0) is 38.5 Å². The number of aromatic nitrogens is 3. The average Bonchev–Trinajstić information content (AvgIpc) is 2.45. The molecule has 0 aliphatic rings. The third-order valence-electron chi connectivity index (χ3n) is 2.67. The van der Waals surface area contributed by atoms with E-state index in [9.17, 15) is 0 Å². The number of aryl methyl sites for hydroxylation is 1. The van der Waals surface area contributed by atoms with Crippen LogP contribution >= 0.6 is 0 Å². The third kappa shape index (κ3) is 3.10. The summed E-state index contributed by atoms with van der Waals surface area (Å²) in [5.74, 6) is 0. The summed E-state index contributed by atoms with van der Waals surface area (Å²) >= 11 is 0. The molecule has 0 aromatic carbocycles. The summed E-state index contributed by atoms with van der Waals surface area (Å²) < 4.78 is 0. The van der Waals surface area contributed by atoms with Gasteiger partial charge in [0.15, 0.2) is 0 Å². The Hall–Kier alpha value is -2.36. The van der Waals surface area contributed by atoms with Crippen molar-refractivity contribution in [1.82, 2.24) is 15.0 Å². The monoisotopic (exact) mass is 252 g/mol. The van der Waals surface area contributed by atoms with Gasteiger partial charge in [-0.3, -0.25) is 4.99 Å². The van der Waals surface area contributed by atoms with Crippen LogP contribution in [-0.4, -0.2) is 20.7 Å². The lowest BCUT2D eigenvalue weighted by atomic mass is 10.1. The van der Waals surface area contributed by atoms with Crippen LogP contribution in [0.1, 0.15) is 25.1 Å². The van der Waals surface area contributed by atoms with Crippen molar-refractivity contribution in [2.75, 3.05) is 0 Å². The normalized spacial score (nSPS) is 12.1. The van der Waals surface area contributed by atoms with E-state index < -0.39 is 0 Å². The maximum Gasteiger partial charge on any atom is 0.116 e. The smallest absolute Gasteiger partial charge is 0.116 e. The van der Waals surface area contributed by atoms with E-state index in [0.29, 0.717) is 0 Å². The zero-order valence-corrected chi connectivity index (χ0v) is 11.3. The van der Waals surface area contributed by atoms with Gasteiger partial charge in [0, 0.05) is 12.4 Å². The highest BCUT2D eigenvalue weighted by molar-refractivity contribution is 5.97. The molecule has 0 N–H and O–H groups in total. The Morgan fingerprint density at radius 3 is 2.89 bits per heavy atom. The second kappa shape index (κ2) is 6.00. The van der Waals surface area contributed by atoms with E-state index in [4.69, 9.17) is 0 Å². The van der Waals surface area contributed by atoms with Crippen molar-refractivity contribution in [3.05, 3.63) is 54.3 Å². The molecule has 0 unspecified atom stereocenters. The molecule has 2 aromatic rings. The number of allylic oxidation sites excluding steroid dienone is 1. The lowest BCUT2D eigenvalue weighted by Crippen LogP contribution is -2.00. The van der Waals surface area contributed by atoms with Gasteiger partial charge < -0.3 is 0 Å². The molecule has 2 rings (SSSR count). The fourth-order valence-corrected chi connectivity index (χ4v) is 1.69. The highest BCUT2D eigenvalue weighted by Gasteiger charge is 2.06. The van der Waals surface area contributed by atoms with E-state index in [1.165, 1.54) is 6.33 Å². The van der Waals surface area contributed by atoms with Crippen LogP contribution in [0.25, 0.3) is 11.4 Å². The van der Waals surface area contributed by atoms with Gasteiger partial charge in [0.05, 0.1) is 22.8 Å². The fourth-order valence-electron chi connectivity index (χ4n) is 1.69. The van der Waals surface area contributed by atoms with E-state index in [-0.39, 0.29) is 0 Å². The lowest BCUT2D eigenvalue weighted by Gasteiger charge is -2.05. The van der Waals surface area contributed by atoms with Crippen molar-refractivity contribution >= 4 is 5.71 Å². The SMILES string of the molecule is C/C=C\N=C(C)c1cccc(-c2ncncc2C)n1. The molecule has 96 valence electrons. The second-order valence-electron chi connectivity index (χ2n) is 4.16. The summed E-state index contributed by atoms with van der Waals surface area (Å²) in [6, 6.07) is 5.86. The minimum atomic E-state index is 0.840. The van der Waals surface area contributed by atoms with Crippen molar-refractivity contribution in [3.8, 4) is 11.4 Å². The van der Waals surface area contributed by atoms with Crippen LogP contribution in [0.3, 0.4) is 0 Å². The lowest BCUT2D eigenvalue weighted by molar-refractivity contribution is 1.11. The number of aliphatic imine (C=N–C) groups is 1. The topological polar surface area (TPSA) is 51.0 Å². The Morgan fingerprint density at radius 1 is 1.32 bits per heavy atom. The molecule has 0 spiro atoms. The highest BCUT2D eigenvalue weighted by Crippen LogP contribution is 2.17. The van der Waals surface area contributed by atoms with Crippen LogP contribution in [0.15, 0.2) is 48.0 Å². The molecular formula is C15H16N4. The zero-order chi connectivity index (χ0) is 13.7. The van der Waals surface area contributed by atoms with Crippen LogP contribution in [0.5, 0.6) is 0 Å². The average molecular weight is 252 g/mol. The minimum absolute atomic E-state index is 0.840. The molecule has 0 aliphatic heterocycles. The summed E-state index contributed by atoms with van der Waals surface area (Å²) in [6.45, 7) is 5.86. The Kier molecular flexibility index (Phi) is 4.13. The van der Waals surface area contributed by atoms with E-state index in [1.54, 1.807) is 12.4 Å². The molecule has 19 heavy (non-hydrogen) atoms. The summed E-state index contributed by atoms with van der Waals surface area (Å²) in [4.78, 5) is 17.2. The highest BCUT2D eigenvalue weighted by atomic mass is 14.9. The first-order valence-electron chi connectivity index (χ1n) is 6.12. The fraction of sp³-hybridized carbons (Fsp3) is 0.200. The van der Waals surface area contributed by atoms with Crippen LogP contribution in [-0.2, 0) is 0 Å². The minimum Gasteiger partial charge on any atom is -0.260 e. The van der Waals surface area contributed by atoms with Crippen LogP contribution < -0.4 is 0 Å². The van der Waals surface area contributed by atoms with Gasteiger partial charge in [0.1, 0.15) is 6.33 Å². The molecule has 0 saturated heterocycles. The van der Waals surface area contributed by atoms with Crippen molar-refractivity contribution in [2.45, 2.75) is 20.8 Å². The molecule has 2 aromatic heterocycles. The molecular weight excluding hydrogens is 236 g/mol.